The van der Waals surface area contributed by atoms with E-state index in [9.17, 15) is 0 Å². The van der Waals surface area contributed by atoms with Gasteiger partial charge in [-0.2, -0.15) is 0 Å². The van der Waals surface area contributed by atoms with Crippen molar-refractivity contribution in [1.29, 1.82) is 0 Å². The van der Waals surface area contributed by atoms with Gasteiger partial charge in [0.2, 0.25) is 0 Å². The summed E-state index contributed by atoms with van der Waals surface area (Å²) in [4.78, 5) is 2.68. The number of ether oxygens (including phenoxy) is 2. The first-order chi connectivity index (χ1) is 8.41. The summed E-state index contributed by atoms with van der Waals surface area (Å²) in [5, 5.41) is 12.0. The van der Waals surface area contributed by atoms with E-state index >= 15 is 0 Å². The Bertz CT molecular complexity index is 196. The molecule has 0 aliphatic heterocycles. The van der Waals surface area contributed by atoms with Gasteiger partial charge in [0.15, 0.2) is 0 Å². The van der Waals surface area contributed by atoms with Crippen LogP contribution in [0.2, 0.25) is 0 Å². The third kappa shape index (κ3) is 15.2. The quantitative estimate of drug-likeness (QED) is 0.234. The Morgan fingerprint density at radius 2 is 1.47 bits per heavy atom. The number of aliphatic hydroxyl groups is 1. The fourth-order valence-corrected chi connectivity index (χ4v) is 1.21. The third-order valence-corrected chi connectivity index (χ3v) is 2.13. The zero-order chi connectivity index (χ0) is 12.6. The van der Waals surface area contributed by atoms with Crippen LogP contribution >= 0.6 is 0 Å². The summed E-state index contributed by atoms with van der Waals surface area (Å²) in [6.45, 7) is 3.64. The van der Waals surface area contributed by atoms with E-state index in [0.29, 0.717) is 33.0 Å². The van der Waals surface area contributed by atoms with Crippen LogP contribution in [0.15, 0.2) is 5.11 Å². The van der Waals surface area contributed by atoms with Crippen LogP contribution in [-0.2, 0) is 9.47 Å². The number of rotatable bonds is 13. The molecule has 17 heavy (non-hydrogen) atoms. The summed E-state index contributed by atoms with van der Waals surface area (Å²) in [6.07, 6.45) is 4.42. The fourth-order valence-electron chi connectivity index (χ4n) is 1.21. The van der Waals surface area contributed by atoms with Crippen molar-refractivity contribution >= 4 is 0 Å². The lowest BCUT2D eigenvalue weighted by molar-refractivity contribution is 0.0784. The van der Waals surface area contributed by atoms with Crippen LogP contribution in [0.1, 0.15) is 32.1 Å². The summed E-state index contributed by atoms with van der Waals surface area (Å²) in [7, 11) is 0. The van der Waals surface area contributed by atoms with E-state index in [1.54, 1.807) is 0 Å². The molecule has 0 saturated carbocycles. The second-order valence-electron chi connectivity index (χ2n) is 3.67. The molecule has 0 aromatic carbocycles. The minimum Gasteiger partial charge on any atom is -0.396 e. The number of hydrogen-bond acceptors (Lipinski definition) is 4. The zero-order valence-corrected chi connectivity index (χ0v) is 10.4. The number of hydrogen-bond donors (Lipinski definition) is 1. The molecule has 0 aliphatic carbocycles. The highest BCUT2D eigenvalue weighted by Gasteiger charge is 1.92. The molecule has 0 aromatic rings. The molecule has 0 rings (SSSR count). The van der Waals surface area contributed by atoms with Crippen molar-refractivity contribution in [1.82, 2.24) is 0 Å². The van der Waals surface area contributed by atoms with E-state index in [-0.39, 0.29) is 6.61 Å². The van der Waals surface area contributed by atoms with E-state index in [4.69, 9.17) is 20.1 Å². The second kappa shape index (κ2) is 15.2. The summed E-state index contributed by atoms with van der Waals surface area (Å²) in [5.41, 5.74) is 8.04. The summed E-state index contributed by atoms with van der Waals surface area (Å²) in [6, 6.07) is 0. The highest BCUT2D eigenvalue weighted by Crippen LogP contribution is 1.94. The van der Waals surface area contributed by atoms with E-state index in [0.717, 1.165) is 32.1 Å². The van der Waals surface area contributed by atoms with Crippen LogP contribution in [0.4, 0.5) is 0 Å². The molecule has 0 heterocycles. The number of nitrogens with zero attached hydrogens (tertiary/aromatic N) is 3. The summed E-state index contributed by atoms with van der Waals surface area (Å²) in [5.74, 6) is 0. The highest BCUT2D eigenvalue weighted by atomic mass is 16.5. The van der Waals surface area contributed by atoms with Crippen molar-refractivity contribution < 1.29 is 14.6 Å². The van der Waals surface area contributed by atoms with Crippen molar-refractivity contribution in [2.75, 3.05) is 39.6 Å². The maximum absolute atomic E-state index is 8.54. The zero-order valence-electron chi connectivity index (χ0n) is 10.4. The predicted octanol–water partition coefficient (Wildman–Crippen LogP) is 2.27. The van der Waals surface area contributed by atoms with Crippen LogP contribution in [0, 0.1) is 0 Å². The van der Waals surface area contributed by atoms with Gasteiger partial charge in [-0.1, -0.05) is 5.11 Å². The van der Waals surface area contributed by atoms with Crippen LogP contribution in [0.5, 0.6) is 0 Å². The predicted molar refractivity (Wildman–Crippen MR) is 65.8 cm³/mol. The van der Waals surface area contributed by atoms with E-state index < -0.39 is 0 Å². The van der Waals surface area contributed by atoms with Crippen molar-refractivity contribution in [2.24, 2.45) is 5.11 Å². The maximum Gasteiger partial charge on any atom is 0.0487 e. The van der Waals surface area contributed by atoms with Crippen molar-refractivity contribution in [3.63, 3.8) is 0 Å². The molecular weight excluding hydrogens is 222 g/mol. The Morgan fingerprint density at radius 1 is 0.882 bits per heavy atom. The third-order valence-electron chi connectivity index (χ3n) is 2.13. The molecule has 0 aromatic heterocycles. The number of azide groups is 1. The largest absolute Gasteiger partial charge is 0.396 e. The molecule has 0 bridgehead atoms. The van der Waals surface area contributed by atoms with Gasteiger partial charge in [0.25, 0.3) is 0 Å². The molecule has 0 spiro atoms. The average Bonchev–Trinajstić information content (AvgIpc) is 2.35. The monoisotopic (exact) mass is 245 g/mol. The molecule has 0 saturated heterocycles. The van der Waals surface area contributed by atoms with Crippen molar-refractivity contribution in [3.05, 3.63) is 10.4 Å². The summed E-state index contributed by atoms with van der Waals surface area (Å²) < 4.78 is 10.7. The van der Waals surface area contributed by atoms with Crippen LogP contribution in [-0.4, -0.2) is 44.7 Å². The lowest BCUT2D eigenvalue weighted by Gasteiger charge is -2.05. The van der Waals surface area contributed by atoms with Gasteiger partial charge >= 0.3 is 0 Å². The molecule has 6 nitrogen and oxygen atoms in total. The van der Waals surface area contributed by atoms with Gasteiger partial charge in [-0.3, -0.25) is 0 Å². The van der Waals surface area contributed by atoms with E-state index in [1.807, 2.05) is 0 Å². The molecule has 100 valence electrons. The van der Waals surface area contributed by atoms with Gasteiger partial charge in [0.05, 0.1) is 0 Å². The molecule has 0 fully saturated rings. The summed E-state index contributed by atoms with van der Waals surface area (Å²) >= 11 is 0. The van der Waals surface area contributed by atoms with Crippen molar-refractivity contribution in [3.8, 4) is 0 Å². The maximum atomic E-state index is 8.54. The molecule has 0 radical (unpaired) electrons. The standard InChI is InChI=1S/C11H23N3O3/c12-14-13-6-1-3-8-16-10-5-11-17-9-4-2-7-15/h15H,1-11H2. The van der Waals surface area contributed by atoms with Gasteiger partial charge in [-0.25, -0.2) is 0 Å². The van der Waals surface area contributed by atoms with Gasteiger partial charge < -0.3 is 14.6 Å². The second-order valence-corrected chi connectivity index (χ2v) is 3.67. The van der Waals surface area contributed by atoms with E-state index in [2.05, 4.69) is 10.0 Å². The Kier molecular flexibility index (Phi) is 14.5. The smallest absolute Gasteiger partial charge is 0.0487 e. The van der Waals surface area contributed by atoms with Gasteiger partial charge in [0.1, 0.15) is 0 Å². The Balaban J connectivity index is 2.91. The molecule has 6 heteroatoms. The Labute approximate surface area is 103 Å². The topological polar surface area (TPSA) is 87.5 Å². The van der Waals surface area contributed by atoms with Gasteiger partial charge in [0, 0.05) is 44.5 Å². The Hall–Kier alpha value is -0.810. The van der Waals surface area contributed by atoms with E-state index in [1.165, 1.54) is 0 Å². The van der Waals surface area contributed by atoms with Crippen LogP contribution in [0.3, 0.4) is 0 Å². The molecule has 1 N–H and O–H groups in total. The van der Waals surface area contributed by atoms with Gasteiger partial charge in [-0.15, -0.1) is 0 Å². The SMILES string of the molecule is [N-]=[N+]=NCCCCOCCCOCCCCO. The first-order valence-electron chi connectivity index (χ1n) is 6.19. The molecule has 0 unspecified atom stereocenters. The fraction of sp³-hybridized carbons (Fsp3) is 1.00. The normalized spacial score (nSPS) is 10.2. The Morgan fingerprint density at radius 3 is 2.06 bits per heavy atom. The molecule has 0 atom stereocenters. The molecular formula is C11H23N3O3. The molecule has 0 amide bonds. The lowest BCUT2D eigenvalue weighted by Crippen LogP contribution is -2.03. The minimum absolute atomic E-state index is 0.238. The average molecular weight is 245 g/mol. The number of aliphatic hydroxyl groups excluding tert-OH is 1. The van der Waals surface area contributed by atoms with Gasteiger partial charge in [-0.05, 0) is 37.6 Å². The first-order valence-corrected chi connectivity index (χ1v) is 6.19. The van der Waals surface area contributed by atoms with Crippen LogP contribution < -0.4 is 0 Å². The lowest BCUT2D eigenvalue weighted by atomic mass is 10.3. The van der Waals surface area contributed by atoms with Crippen molar-refractivity contribution in [2.45, 2.75) is 32.1 Å². The first kappa shape index (κ1) is 16.2. The minimum atomic E-state index is 0.238. The highest BCUT2D eigenvalue weighted by molar-refractivity contribution is 4.47. The number of unbranched alkanes of at least 4 members (excludes halogenated alkanes) is 2. The molecule has 0 aliphatic rings. The van der Waals surface area contributed by atoms with Crippen LogP contribution in [0.25, 0.3) is 10.4 Å².